The van der Waals surface area contributed by atoms with Crippen LogP contribution in [0.1, 0.15) is 37.5 Å². The molecule has 0 radical (unpaired) electrons. The summed E-state index contributed by atoms with van der Waals surface area (Å²) >= 11 is 6.44. The second-order valence-electron chi connectivity index (χ2n) is 12.0. The molecule has 2 heterocycles. The van der Waals surface area contributed by atoms with Crippen molar-refractivity contribution >= 4 is 46.1 Å². The van der Waals surface area contributed by atoms with Crippen molar-refractivity contribution in [3.05, 3.63) is 82.1 Å². The summed E-state index contributed by atoms with van der Waals surface area (Å²) < 4.78 is 69.7. The molecule has 0 bridgehead atoms. The van der Waals surface area contributed by atoms with E-state index < -0.39 is 29.2 Å². The number of hydrogen-bond acceptors (Lipinski definition) is 9. The van der Waals surface area contributed by atoms with E-state index in [1.54, 1.807) is 24.3 Å². The summed E-state index contributed by atoms with van der Waals surface area (Å²) in [6, 6.07) is 13.5. The van der Waals surface area contributed by atoms with Crippen LogP contribution < -0.4 is 19.5 Å². The molecule has 4 aromatic rings. The van der Waals surface area contributed by atoms with E-state index >= 15 is 0 Å². The van der Waals surface area contributed by atoms with Crippen molar-refractivity contribution in [2.75, 3.05) is 38.9 Å². The van der Waals surface area contributed by atoms with Gasteiger partial charge in [0.05, 0.1) is 17.7 Å². The minimum absolute atomic E-state index is 0.0320. The number of carbonyl (C=O) groups is 1. The highest BCUT2D eigenvalue weighted by Gasteiger charge is 2.49. The molecule has 1 aromatic heterocycles. The van der Waals surface area contributed by atoms with Crippen molar-refractivity contribution in [2.24, 2.45) is 0 Å². The van der Waals surface area contributed by atoms with Gasteiger partial charge in [0.2, 0.25) is 6.10 Å². The van der Waals surface area contributed by atoms with Crippen LogP contribution in [-0.4, -0.2) is 61.8 Å². The number of ether oxygens (including phenoxy) is 5. The minimum atomic E-state index is -4.89. The van der Waals surface area contributed by atoms with Gasteiger partial charge >= 0.3 is 12.1 Å². The second-order valence-corrected chi connectivity index (χ2v) is 12.4. The maximum atomic E-state index is 14.1. The number of fused-ring (bicyclic) bond motifs is 2. The zero-order valence-electron chi connectivity index (χ0n) is 27.1. The molecule has 256 valence electrons. The van der Waals surface area contributed by atoms with E-state index in [1.165, 1.54) is 25.6 Å². The highest BCUT2D eigenvalue weighted by Crippen LogP contribution is 2.42. The number of anilines is 2. The summed E-state index contributed by atoms with van der Waals surface area (Å²) in [5.74, 6) is 2.37. The van der Waals surface area contributed by atoms with Gasteiger partial charge in [0.1, 0.15) is 37.7 Å². The molecule has 3 aromatic carbocycles. The molecule has 49 heavy (non-hydrogen) atoms. The molecule has 9 nitrogen and oxygen atoms in total. The fourth-order valence-electron chi connectivity index (χ4n) is 5.02. The summed E-state index contributed by atoms with van der Waals surface area (Å²) in [5.41, 5.74) is 1.58. The average Bonchev–Trinajstić information content (AvgIpc) is 3.05. The summed E-state index contributed by atoms with van der Waals surface area (Å²) in [7, 11) is 1.53. The Balaban J connectivity index is 1.35. The van der Waals surface area contributed by atoms with Crippen LogP contribution in [0.3, 0.4) is 0 Å². The first-order valence-corrected chi connectivity index (χ1v) is 15.5. The van der Waals surface area contributed by atoms with Gasteiger partial charge in [0.25, 0.3) is 0 Å². The number of hydrogen-bond donors (Lipinski definition) is 1. The zero-order chi connectivity index (χ0) is 35.3. The maximum Gasteiger partial charge on any atom is 0.430 e. The van der Waals surface area contributed by atoms with Gasteiger partial charge in [0.15, 0.2) is 11.5 Å². The van der Waals surface area contributed by atoms with Crippen molar-refractivity contribution in [2.45, 2.75) is 38.5 Å². The third-order valence-corrected chi connectivity index (χ3v) is 7.70. The molecule has 0 spiro atoms. The smallest absolute Gasteiger partial charge is 0.430 e. The van der Waals surface area contributed by atoms with Gasteiger partial charge in [-0.15, -0.1) is 6.42 Å². The first kappa shape index (κ1) is 35.3. The maximum absolute atomic E-state index is 14.1. The molecule has 0 amide bonds. The lowest BCUT2D eigenvalue weighted by molar-refractivity contribution is -0.188. The van der Waals surface area contributed by atoms with Crippen LogP contribution in [0.2, 0.25) is 5.02 Å². The van der Waals surface area contributed by atoms with Crippen LogP contribution in [0, 0.1) is 12.3 Å². The van der Waals surface area contributed by atoms with E-state index in [4.69, 9.17) is 41.7 Å². The number of alkyl halides is 3. The Morgan fingerprint density at radius 3 is 2.45 bits per heavy atom. The molecule has 0 fully saturated rings. The van der Waals surface area contributed by atoms with Crippen LogP contribution in [-0.2, 0) is 19.7 Å². The highest BCUT2D eigenvalue weighted by atomic mass is 35.5. The number of rotatable bonds is 11. The number of carbonyl (C=O) groups excluding carboxylic acids is 1. The minimum Gasteiger partial charge on any atom is -0.487 e. The fourth-order valence-corrected chi connectivity index (χ4v) is 5.47. The molecular formula is C36H33ClF3N3O6. The summed E-state index contributed by atoms with van der Waals surface area (Å²) in [4.78, 5) is 21.7. The van der Waals surface area contributed by atoms with Crippen LogP contribution in [0.25, 0.3) is 17.0 Å². The van der Waals surface area contributed by atoms with Crippen molar-refractivity contribution in [1.29, 1.82) is 0 Å². The lowest BCUT2D eigenvalue weighted by Crippen LogP contribution is -2.41. The fraction of sp³-hybridized carbons (Fsp3) is 0.306. The van der Waals surface area contributed by atoms with Crippen LogP contribution >= 0.6 is 11.6 Å². The third kappa shape index (κ3) is 8.36. The predicted molar refractivity (Wildman–Crippen MR) is 180 cm³/mol. The van der Waals surface area contributed by atoms with E-state index in [1.807, 2.05) is 32.9 Å². The molecule has 5 rings (SSSR count). The Bertz CT molecular complexity index is 1930. The van der Waals surface area contributed by atoms with E-state index in [0.29, 0.717) is 50.9 Å². The molecule has 0 saturated heterocycles. The number of esters is 1. The van der Waals surface area contributed by atoms with Gasteiger partial charge < -0.3 is 29.0 Å². The van der Waals surface area contributed by atoms with Crippen molar-refractivity contribution in [1.82, 2.24) is 9.97 Å². The lowest BCUT2D eigenvalue weighted by atomic mass is 9.85. The van der Waals surface area contributed by atoms with E-state index in [-0.39, 0.29) is 36.9 Å². The molecule has 1 aliphatic rings. The van der Waals surface area contributed by atoms with Gasteiger partial charge in [-0.25, -0.2) is 14.8 Å². The van der Waals surface area contributed by atoms with Crippen molar-refractivity contribution in [3.8, 4) is 29.6 Å². The predicted octanol–water partition coefficient (Wildman–Crippen LogP) is 7.66. The molecule has 13 heteroatoms. The number of methoxy groups -OCH3 is 1. The van der Waals surface area contributed by atoms with E-state index in [0.717, 1.165) is 6.08 Å². The van der Waals surface area contributed by atoms with Gasteiger partial charge in [-0.3, -0.25) is 0 Å². The third-order valence-electron chi connectivity index (χ3n) is 7.39. The molecule has 1 atom stereocenters. The number of terminal acetylenes is 1. The SMILES string of the molecule is C#Cc1cccc(Nc2ncnc3cc(OCCOC)c(OCCOC(=O)C4=Cc5cc(Cl)c(C(C)(C)C)cc5OC4C(F)(F)F)cc23)c1. The quantitative estimate of drug-likeness (QED) is 0.0963. The summed E-state index contributed by atoms with van der Waals surface area (Å²) in [6.45, 7) is 5.51. The first-order chi connectivity index (χ1) is 23.3. The van der Waals surface area contributed by atoms with Gasteiger partial charge in [-0.05, 0) is 53.5 Å². The van der Waals surface area contributed by atoms with Crippen LogP contribution in [0.5, 0.6) is 17.2 Å². The highest BCUT2D eigenvalue weighted by molar-refractivity contribution is 6.31. The zero-order valence-corrected chi connectivity index (χ0v) is 27.9. The van der Waals surface area contributed by atoms with Crippen LogP contribution in [0.4, 0.5) is 24.7 Å². The Hall–Kier alpha value is -4.99. The monoisotopic (exact) mass is 695 g/mol. The summed E-state index contributed by atoms with van der Waals surface area (Å²) in [5, 5.41) is 4.13. The van der Waals surface area contributed by atoms with Crippen molar-refractivity contribution in [3.63, 3.8) is 0 Å². The molecule has 0 aliphatic carbocycles. The first-order valence-electron chi connectivity index (χ1n) is 15.1. The average molecular weight is 696 g/mol. The molecule has 1 N–H and O–H groups in total. The van der Waals surface area contributed by atoms with E-state index in [9.17, 15) is 18.0 Å². The Kier molecular flexibility index (Phi) is 10.6. The van der Waals surface area contributed by atoms with Gasteiger partial charge in [-0.1, -0.05) is 44.4 Å². The Labute approximate surface area is 286 Å². The van der Waals surface area contributed by atoms with E-state index in [2.05, 4.69) is 21.2 Å². The molecule has 1 aliphatic heterocycles. The number of nitrogens with one attached hydrogen (secondary N) is 1. The standard InChI is InChI=1S/C36H33ClF3N3O6/c1-6-21-8-7-9-23(14-21)43-33-24-17-30(31(46-11-10-45-5)19-28(24)41-20-42-33)47-12-13-48-34(44)25-15-22-16-27(37)26(35(2,3)4)18-29(22)49-32(25)36(38,39)40/h1,7-9,14-20,32H,10-13H2,2-5H3,(H,41,42,43). The van der Waals surface area contributed by atoms with Crippen LogP contribution in [0.15, 0.2) is 60.4 Å². The Morgan fingerprint density at radius 1 is 1.02 bits per heavy atom. The number of benzene rings is 3. The second kappa shape index (κ2) is 14.6. The molecule has 1 unspecified atom stereocenters. The molecular weight excluding hydrogens is 663 g/mol. The number of aromatic nitrogens is 2. The lowest BCUT2D eigenvalue weighted by Gasteiger charge is -2.30. The van der Waals surface area contributed by atoms with Crippen molar-refractivity contribution < 1.29 is 41.7 Å². The summed E-state index contributed by atoms with van der Waals surface area (Å²) in [6.07, 6.45) is 0.600. The number of halogens is 4. The Morgan fingerprint density at radius 2 is 1.76 bits per heavy atom. The number of nitrogens with zero attached hydrogens (tertiary/aromatic N) is 2. The van der Waals surface area contributed by atoms with Gasteiger partial charge in [0, 0.05) is 40.4 Å². The molecule has 0 saturated carbocycles. The normalized spacial score (nSPS) is 14.3. The largest absolute Gasteiger partial charge is 0.487 e. The van der Waals surface area contributed by atoms with Gasteiger partial charge in [-0.2, -0.15) is 13.2 Å². The topological polar surface area (TPSA) is 101 Å².